The van der Waals surface area contributed by atoms with E-state index in [4.69, 9.17) is 0 Å². The van der Waals surface area contributed by atoms with Crippen LogP contribution in [-0.4, -0.2) is 59.1 Å². The fourth-order valence-corrected chi connectivity index (χ4v) is 4.46. The first-order valence-corrected chi connectivity index (χ1v) is 9.13. The van der Waals surface area contributed by atoms with Gasteiger partial charge in [0.25, 0.3) is 0 Å². The summed E-state index contributed by atoms with van der Waals surface area (Å²) in [5.41, 5.74) is 0.359. The van der Waals surface area contributed by atoms with Gasteiger partial charge in [-0.3, -0.25) is 4.90 Å². The first kappa shape index (κ1) is 15.7. The molecule has 2 rings (SSSR count). The predicted octanol–water partition coefficient (Wildman–Crippen LogP) is 3.32. The van der Waals surface area contributed by atoms with Crippen LogP contribution in [0.1, 0.15) is 47.0 Å². The molecule has 3 heteroatoms. The smallest absolute Gasteiger partial charge is 0.0408 e. The number of piperidine rings is 1. The molecule has 19 heavy (non-hydrogen) atoms. The van der Waals surface area contributed by atoms with E-state index < -0.39 is 0 Å². The normalized spacial score (nSPS) is 26.4. The molecule has 112 valence electrons. The molecule has 2 aliphatic rings. The summed E-state index contributed by atoms with van der Waals surface area (Å²) in [7, 11) is 0. The average molecular weight is 285 g/mol. The number of likely N-dealkylation sites (tertiary alicyclic amines) is 2. The van der Waals surface area contributed by atoms with Gasteiger partial charge in [-0.15, -0.1) is 0 Å². The zero-order valence-corrected chi connectivity index (χ0v) is 14.4. The van der Waals surface area contributed by atoms with E-state index in [1.807, 2.05) is 0 Å². The lowest BCUT2D eigenvalue weighted by Gasteiger charge is -2.51. The zero-order valence-electron chi connectivity index (χ0n) is 13.5. The zero-order chi connectivity index (χ0) is 14.1. The molecule has 0 unspecified atom stereocenters. The van der Waals surface area contributed by atoms with Crippen molar-refractivity contribution in [2.45, 2.75) is 57.2 Å². The van der Waals surface area contributed by atoms with Crippen LogP contribution < -0.4 is 0 Å². The molecule has 0 N–H and O–H groups in total. The van der Waals surface area contributed by atoms with Crippen molar-refractivity contribution in [2.24, 2.45) is 5.92 Å². The molecule has 0 radical (unpaired) electrons. The Balaban J connectivity index is 1.70. The lowest BCUT2D eigenvalue weighted by Crippen LogP contribution is -2.60. The molecule has 0 atom stereocenters. The van der Waals surface area contributed by atoms with Crippen LogP contribution in [-0.2, 0) is 0 Å². The van der Waals surface area contributed by atoms with Crippen molar-refractivity contribution in [3.63, 3.8) is 0 Å². The first-order valence-electron chi connectivity index (χ1n) is 7.91. The molecule has 0 aromatic carbocycles. The predicted molar refractivity (Wildman–Crippen MR) is 87.0 cm³/mol. The van der Waals surface area contributed by atoms with Crippen molar-refractivity contribution in [1.29, 1.82) is 0 Å². The maximum Gasteiger partial charge on any atom is 0.0408 e. The Kier molecular flexibility index (Phi) is 4.90. The Morgan fingerprint density at radius 3 is 2.16 bits per heavy atom. The summed E-state index contributed by atoms with van der Waals surface area (Å²) in [5.74, 6) is 0.940. The van der Waals surface area contributed by atoms with Gasteiger partial charge in [0.05, 0.1) is 0 Å². The third-order valence-electron chi connectivity index (χ3n) is 5.18. The number of hydrogen-bond donors (Lipinski definition) is 0. The van der Waals surface area contributed by atoms with Crippen LogP contribution >= 0.6 is 11.8 Å². The van der Waals surface area contributed by atoms with E-state index >= 15 is 0 Å². The SMILES string of the molecule is CCC1(SC)CN(CC2CCN(C(C)(C)C)CC2)C1. The lowest BCUT2D eigenvalue weighted by molar-refractivity contribution is 0.0503. The lowest BCUT2D eigenvalue weighted by atomic mass is 9.89. The molecule has 0 saturated carbocycles. The van der Waals surface area contributed by atoms with Crippen molar-refractivity contribution >= 4 is 11.8 Å². The first-order chi connectivity index (χ1) is 8.88. The van der Waals surface area contributed by atoms with Gasteiger partial charge >= 0.3 is 0 Å². The van der Waals surface area contributed by atoms with Crippen LogP contribution in [0.5, 0.6) is 0 Å². The van der Waals surface area contributed by atoms with Crippen LogP contribution in [0, 0.1) is 5.92 Å². The van der Waals surface area contributed by atoms with Crippen LogP contribution in [0.2, 0.25) is 0 Å². The van der Waals surface area contributed by atoms with Crippen LogP contribution in [0.25, 0.3) is 0 Å². The van der Waals surface area contributed by atoms with Gasteiger partial charge in [-0.25, -0.2) is 0 Å². The second-order valence-corrected chi connectivity index (χ2v) is 8.79. The van der Waals surface area contributed by atoms with E-state index in [2.05, 4.69) is 55.5 Å². The van der Waals surface area contributed by atoms with Gasteiger partial charge in [-0.2, -0.15) is 11.8 Å². The molecule has 0 aromatic heterocycles. The number of rotatable bonds is 4. The molecule has 2 nitrogen and oxygen atoms in total. The summed E-state index contributed by atoms with van der Waals surface area (Å²) >= 11 is 2.08. The van der Waals surface area contributed by atoms with Crippen molar-refractivity contribution in [1.82, 2.24) is 9.80 Å². The topological polar surface area (TPSA) is 6.48 Å². The summed E-state index contributed by atoms with van der Waals surface area (Å²) in [6.45, 7) is 16.0. The second kappa shape index (κ2) is 5.95. The van der Waals surface area contributed by atoms with Gasteiger partial charge in [0.1, 0.15) is 0 Å². The Hall–Kier alpha value is 0.270. The van der Waals surface area contributed by atoms with Gasteiger partial charge < -0.3 is 4.90 Å². The molecule has 0 spiro atoms. The highest BCUT2D eigenvalue weighted by Gasteiger charge is 2.41. The Labute approximate surface area is 124 Å². The molecular weight excluding hydrogens is 252 g/mol. The highest BCUT2D eigenvalue weighted by molar-refractivity contribution is 8.00. The minimum absolute atomic E-state index is 0.359. The van der Waals surface area contributed by atoms with Crippen LogP contribution in [0.15, 0.2) is 0 Å². The highest BCUT2D eigenvalue weighted by atomic mass is 32.2. The summed E-state index contributed by atoms with van der Waals surface area (Å²) in [5, 5.41) is 0. The average Bonchev–Trinajstić information content (AvgIpc) is 2.33. The number of nitrogens with zero attached hydrogens (tertiary/aromatic N) is 2. The Bertz CT molecular complexity index is 278. The van der Waals surface area contributed by atoms with Crippen LogP contribution in [0.3, 0.4) is 0 Å². The van der Waals surface area contributed by atoms with Crippen LogP contribution in [0.4, 0.5) is 0 Å². The summed E-state index contributed by atoms with van der Waals surface area (Å²) in [4.78, 5) is 5.34. The molecular formula is C16H32N2S. The maximum atomic E-state index is 2.69. The van der Waals surface area contributed by atoms with Gasteiger partial charge in [-0.1, -0.05) is 6.92 Å². The summed E-state index contributed by atoms with van der Waals surface area (Å²) in [6, 6.07) is 0. The molecule has 2 aliphatic heterocycles. The van der Waals surface area contributed by atoms with E-state index in [9.17, 15) is 0 Å². The fraction of sp³-hybridized carbons (Fsp3) is 1.00. The van der Waals surface area contributed by atoms with E-state index in [1.165, 1.54) is 52.0 Å². The fourth-order valence-electron chi connectivity index (χ4n) is 3.55. The molecule has 2 heterocycles. The van der Waals surface area contributed by atoms with E-state index in [1.54, 1.807) is 0 Å². The Morgan fingerprint density at radius 1 is 1.16 bits per heavy atom. The standard InChI is InChI=1S/C16H32N2S/c1-6-16(19-5)12-17(13-16)11-14-7-9-18(10-8-14)15(2,3)4/h14H,6-13H2,1-5H3. The van der Waals surface area contributed by atoms with E-state index in [0.29, 0.717) is 10.3 Å². The quantitative estimate of drug-likeness (QED) is 0.782. The van der Waals surface area contributed by atoms with Crippen molar-refractivity contribution in [3.8, 4) is 0 Å². The van der Waals surface area contributed by atoms with E-state index in [-0.39, 0.29) is 0 Å². The Morgan fingerprint density at radius 2 is 1.74 bits per heavy atom. The van der Waals surface area contributed by atoms with Crippen molar-refractivity contribution in [3.05, 3.63) is 0 Å². The minimum Gasteiger partial charge on any atom is -0.300 e. The number of hydrogen-bond acceptors (Lipinski definition) is 3. The number of thioether (sulfide) groups is 1. The summed E-state index contributed by atoms with van der Waals surface area (Å²) in [6.07, 6.45) is 6.40. The molecule has 0 amide bonds. The van der Waals surface area contributed by atoms with Gasteiger partial charge in [0.15, 0.2) is 0 Å². The monoisotopic (exact) mass is 284 g/mol. The highest BCUT2D eigenvalue weighted by Crippen LogP contribution is 2.37. The van der Waals surface area contributed by atoms with Gasteiger partial charge in [0.2, 0.25) is 0 Å². The summed E-state index contributed by atoms with van der Waals surface area (Å²) < 4.78 is 0.589. The van der Waals surface area contributed by atoms with Crippen molar-refractivity contribution < 1.29 is 0 Å². The molecule has 0 aromatic rings. The third-order valence-corrected chi connectivity index (χ3v) is 6.59. The van der Waals surface area contributed by atoms with Gasteiger partial charge in [-0.05, 0) is 65.3 Å². The third kappa shape index (κ3) is 3.68. The molecule has 2 saturated heterocycles. The maximum absolute atomic E-state index is 2.69. The molecule has 0 aliphatic carbocycles. The minimum atomic E-state index is 0.359. The molecule has 2 fully saturated rings. The largest absolute Gasteiger partial charge is 0.300 e. The molecule has 0 bridgehead atoms. The van der Waals surface area contributed by atoms with Crippen molar-refractivity contribution in [2.75, 3.05) is 39.0 Å². The van der Waals surface area contributed by atoms with E-state index in [0.717, 1.165) is 5.92 Å². The second-order valence-electron chi connectivity index (χ2n) is 7.51. The van der Waals surface area contributed by atoms with Gasteiger partial charge in [0, 0.05) is 29.9 Å².